The molecule has 0 saturated heterocycles. The van der Waals surface area contributed by atoms with Crippen LogP contribution in [0.2, 0.25) is 0 Å². The summed E-state index contributed by atoms with van der Waals surface area (Å²) in [6, 6.07) is 10.6. The van der Waals surface area contributed by atoms with Crippen LogP contribution in [-0.2, 0) is 9.84 Å². The Labute approximate surface area is 124 Å². The Morgan fingerprint density at radius 1 is 1.17 bits per heavy atom. The van der Waals surface area contributed by atoms with Crippen molar-refractivity contribution in [2.24, 2.45) is 0 Å². The number of sulfone groups is 1. The lowest BCUT2D eigenvalue weighted by molar-refractivity contribution is 0.602. The van der Waals surface area contributed by atoms with E-state index in [2.05, 4.69) is 15.9 Å². The second-order valence-corrected chi connectivity index (χ2v) is 8.79. The summed E-state index contributed by atoms with van der Waals surface area (Å²) < 4.78 is 23.7. The molecule has 0 fully saturated rings. The van der Waals surface area contributed by atoms with Gasteiger partial charge in [0.1, 0.15) is 0 Å². The summed E-state index contributed by atoms with van der Waals surface area (Å²) in [4.78, 5) is 1.33. The molecule has 1 aromatic carbocycles. The third kappa shape index (κ3) is 3.15. The van der Waals surface area contributed by atoms with Crippen LogP contribution < -0.4 is 0 Å². The molecule has 6 heteroatoms. The van der Waals surface area contributed by atoms with E-state index in [0.717, 1.165) is 14.2 Å². The minimum Gasteiger partial charge on any atom is -0.224 e. The molecule has 96 valence electrons. The molecule has 0 radical (unpaired) electrons. The summed E-state index contributed by atoms with van der Waals surface area (Å²) in [5.41, 5.74) is 0.887. The molecule has 0 aliphatic carbocycles. The van der Waals surface area contributed by atoms with Gasteiger partial charge in [-0.05, 0) is 45.8 Å². The quantitative estimate of drug-likeness (QED) is 0.762. The van der Waals surface area contributed by atoms with E-state index in [1.807, 2.05) is 12.1 Å². The van der Waals surface area contributed by atoms with Crippen molar-refractivity contribution in [2.75, 3.05) is 6.26 Å². The maximum Gasteiger partial charge on any atom is 0.175 e. The van der Waals surface area contributed by atoms with Gasteiger partial charge in [-0.3, -0.25) is 0 Å². The molecule has 0 amide bonds. The van der Waals surface area contributed by atoms with Crippen molar-refractivity contribution >= 4 is 48.7 Å². The van der Waals surface area contributed by atoms with E-state index >= 15 is 0 Å². The third-order valence-electron chi connectivity index (χ3n) is 2.44. The molecule has 0 N–H and O–H groups in total. The largest absolute Gasteiger partial charge is 0.224 e. The fraction of sp³-hybridized carbons (Fsp3) is 0.167. The first-order valence-electron chi connectivity index (χ1n) is 5.07. The number of benzene rings is 1. The molecule has 0 saturated carbocycles. The van der Waals surface area contributed by atoms with Gasteiger partial charge in [-0.2, -0.15) is 0 Å². The summed E-state index contributed by atoms with van der Waals surface area (Å²) in [7, 11) is -3.15. The van der Waals surface area contributed by atoms with Gasteiger partial charge < -0.3 is 0 Å². The van der Waals surface area contributed by atoms with E-state index in [-0.39, 0.29) is 5.38 Å². The van der Waals surface area contributed by atoms with E-state index in [1.54, 1.807) is 35.6 Å². The van der Waals surface area contributed by atoms with Gasteiger partial charge in [-0.15, -0.1) is 22.9 Å². The number of thiophene rings is 1. The highest BCUT2D eigenvalue weighted by Crippen LogP contribution is 2.35. The summed E-state index contributed by atoms with van der Waals surface area (Å²) in [5.74, 6) is 0. The summed E-state index contributed by atoms with van der Waals surface area (Å²) >= 11 is 11.3. The van der Waals surface area contributed by atoms with Crippen molar-refractivity contribution in [1.29, 1.82) is 0 Å². The topological polar surface area (TPSA) is 34.1 Å². The molecule has 0 bridgehead atoms. The van der Waals surface area contributed by atoms with Gasteiger partial charge in [0.2, 0.25) is 0 Å². The first-order valence-corrected chi connectivity index (χ1v) is 9.01. The predicted molar refractivity (Wildman–Crippen MR) is 79.3 cm³/mol. The highest BCUT2D eigenvalue weighted by atomic mass is 79.9. The highest BCUT2D eigenvalue weighted by molar-refractivity contribution is 9.11. The molecule has 2 nitrogen and oxygen atoms in total. The smallest absolute Gasteiger partial charge is 0.175 e. The lowest BCUT2D eigenvalue weighted by Gasteiger charge is -2.08. The van der Waals surface area contributed by atoms with Gasteiger partial charge in [0.25, 0.3) is 0 Å². The molecule has 0 aliphatic heterocycles. The van der Waals surface area contributed by atoms with Crippen molar-refractivity contribution < 1.29 is 8.42 Å². The van der Waals surface area contributed by atoms with E-state index < -0.39 is 9.84 Å². The maximum absolute atomic E-state index is 11.4. The van der Waals surface area contributed by atoms with Crippen LogP contribution in [0.25, 0.3) is 0 Å². The Bertz CT molecular complexity index is 647. The first-order chi connectivity index (χ1) is 8.38. The van der Waals surface area contributed by atoms with Crippen molar-refractivity contribution in [3.8, 4) is 0 Å². The number of rotatable bonds is 3. The number of alkyl halides is 1. The highest BCUT2D eigenvalue weighted by Gasteiger charge is 2.14. The predicted octanol–water partition coefficient (Wildman–Crippen LogP) is 4.24. The van der Waals surface area contributed by atoms with Gasteiger partial charge in [-0.1, -0.05) is 12.1 Å². The number of hydrogen-bond acceptors (Lipinski definition) is 3. The zero-order valence-corrected chi connectivity index (χ0v) is 13.4. The molecular weight excluding hydrogens is 356 g/mol. The van der Waals surface area contributed by atoms with Gasteiger partial charge in [0.05, 0.1) is 14.1 Å². The van der Waals surface area contributed by atoms with Gasteiger partial charge >= 0.3 is 0 Å². The van der Waals surface area contributed by atoms with Crippen molar-refractivity contribution in [1.82, 2.24) is 0 Å². The second-order valence-electron chi connectivity index (χ2n) is 3.85. The fourth-order valence-corrected chi connectivity index (χ4v) is 3.92. The van der Waals surface area contributed by atoms with Crippen molar-refractivity contribution in [3.05, 3.63) is 50.6 Å². The Kier molecular flexibility index (Phi) is 4.16. The number of halogens is 2. The lowest BCUT2D eigenvalue weighted by Crippen LogP contribution is -1.97. The van der Waals surface area contributed by atoms with Crippen molar-refractivity contribution in [3.63, 3.8) is 0 Å². The van der Waals surface area contributed by atoms with Crippen LogP contribution in [-0.4, -0.2) is 14.7 Å². The van der Waals surface area contributed by atoms with Crippen LogP contribution in [0.3, 0.4) is 0 Å². The normalized spacial score (nSPS) is 13.5. The zero-order chi connectivity index (χ0) is 13.3. The Morgan fingerprint density at radius 3 is 2.22 bits per heavy atom. The maximum atomic E-state index is 11.4. The zero-order valence-electron chi connectivity index (χ0n) is 9.43. The van der Waals surface area contributed by atoms with E-state index in [1.165, 1.54) is 6.26 Å². The fourth-order valence-electron chi connectivity index (χ4n) is 1.51. The average molecular weight is 366 g/mol. The monoisotopic (exact) mass is 364 g/mol. The van der Waals surface area contributed by atoms with Crippen LogP contribution in [0, 0.1) is 0 Å². The second kappa shape index (κ2) is 5.33. The molecular formula is C12H10BrClO2S2. The van der Waals surface area contributed by atoms with Gasteiger partial charge in [-0.25, -0.2) is 8.42 Å². The molecule has 18 heavy (non-hydrogen) atoms. The van der Waals surface area contributed by atoms with Gasteiger partial charge in [0.15, 0.2) is 9.84 Å². The minimum absolute atomic E-state index is 0.255. The van der Waals surface area contributed by atoms with Crippen molar-refractivity contribution in [2.45, 2.75) is 10.3 Å². The molecule has 0 aliphatic rings. The van der Waals surface area contributed by atoms with E-state index in [9.17, 15) is 8.42 Å². The Balaban J connectivity index is 2.30. The molecule has 2 rings (SSSR count). The molecule has 1 atom stereocenters. The molecule has 0 spiro atoms. The van der Waals surface area contributed by atoms with Crippen LogP contribution in [0.5, 0.6) is 0 Å². The van der Waals surface area contributed by atoms with Crippen LogP contribution in [0.1, 0.15) is 15.8 Å². The van der Waals surface area contributed by atoms with Crippen LogP contribution in [0.15, 0.2) is 45.1 Å². The van der Waals surface area contributed by atoms with E-state index in [0.29, 0.717) is 4.90 Å². The Hall–Kier alpha value is -0.360. The summed E-state index contributed by atoms with van der Waals surface area (Å²) in [6.45, 7) is 0. The van der Waals surface area contributed by atoms with Crippen LogP contribution >= 0.6 is 38.9 Å². The molecule has 1 unspecified atom stereocenters. The van der Waals surface area contributed by atoms with E-state index in [4.69, 9.17) is 11.6 Å². The summed E-state index contributed by atoms with van der Waals surface area (Å²) in [6.07, 6.45) is 1.19. The molecule has 2 aromatic rings. The van der Waals surface area contributed by atoms with Gasteiger partial charge in [0, 0.05) is 11.1 Å². The standard InChI is InChI=1S/C12H10BrClO2S2/c1-18(15,16)9-4-2-8(3-5-9)12(14)10-6-7-11(13)17-10/h2-7,12H,1H3. The Morgan fingerprint density at radius 2 is 1.78 bits per heavy atom. The number of hydrogen-bond donors (Lipinski definition) is 0. The SMILES string of the molecule is CS(=O)(=O)c1ccc(C(Cl)c2ccc(Br)s2)cc1. The molecule has 1 aromatic heterocycles. The third-order valence-corrected chi connectivity index (χ3v) is 5.88. The summed E-state index contributed by atoms with van der Waals surface area (Å²) in [5, 5.41) is -0.255. The average Bonchev–Trinajstić information content (AvgIpc) is 2.74. The lowest BCUT2D eigenvalue weighted by atomic mass is 10.1. The first kappa shape index (κ1) is 14.1. The minimum atomic E-state index is -3.15. The molecule has 1 heterocycles. The van der Waals surface area contributed by atoms with Crippen LogP contribution in [0.4, 0.5) is 0 Å².